The lowest BCUT2D eigenvalue weighted by molar-refractivity contribution is -0.164. The van der Waals surface area contributed by atoms with Crippen LogP contribution in [0.1, 0.15) is 69.8 Å². The Labute approximate surface area is 132 Å². The molecule has 1 aromatic carbocycles. The monoisotopic (exact) mass is 306 g/mol. The highest BCUT2D eigenvalue weighted by Gasteiger charge is 2.25. The van der Waals surface area contributed by atoms with E-state index in [0.717, 1.165) is 12.0 Å². The maximum atomic E-state index is 12.2. The molecule has 0 saturated heterocycles. The van der Waals surface area contributed by atoms with Crippen LogP contribution in [-0.2, 0) is 14.3 Å². The molecule has 0 aromatic heterocycles. The minimum atomic E-state index is -0.932. The maximum Gasteiger partial charge on any atom is 0.347 e. The molecule has 0 aliphatic carbocycles. The van der Waals surface area contributed by atoms with Crippen molar-refractivity contribution in [2.24, 2.45) is 0 Å². The summed E-state index contributed by atoms with van der Waals surface area (Å²) in [6.07, 6.45) is 0.0614. The topological polar surface area (TPSA) is 52.6 Å². The summed E-state index contributed by atoms with van der Waals surface area (Å²) in [5, 5.41) is 0. The molecule has 0 N–H and O–H groups in total. The van der Waals surface area contributed by atoms with E-state index in [0.29, 0.717) is 11.5 Å². The Morgan fingerprint density at radius 1 is 1.18 bits per heavy atom. The first-order valence-corrected chi connectivity index (χ1v) is 7.68. The van der Waals surface area contributed by atoms with Gasteiger partial charge >= 0.3 is 11.9 Å². The van der Waals surface area contributed by atoms with Crippen molar-refractivity contribution in [1.29, 1.82) is 0 Å². The Morgan fingerprint density at radius 2 is 1.82 bits per heavy atom. The van der Waals surface area contributed by atoms with Crippen LogP contribution < -0.4 is 0 Å². The number of esters is 2. The van der Waals surface area contributed by atoms with Crippen LogP contribution >= 0.6 is 0 Å². The average Bonchev–Trinajstić information content (AvgIpc) is 2.44. The SMILES string of the molecule is CCC(C)c1cccc(C(=O)OC(C)C(=O)OC(C)(C)C)c1. The highest BCUT2D eigenvalue weighted by atomic mass is 16.6. The standard InChI is InChI=1S/C18H26O4/c1-7-12(2)14-9-8-10-15(11-14)17(20)21-13(3)16(19)22-18(4,5)6/h8-13H,7H2,1-6H3. The fraction of sp³-hybridized carbons (Fsp3) is 0.556. The zero-order valence-corrected chi connectivity index (χ0v) is 14.3. The first-order chi connectivity index (χ1) is 10.1. The van der Waals surface area contributed by atoms with Gasteiger partial charge in [-0.25, -0.2) is 9.59 Å². The van der Waals surface area contributed by atoms with Gasteiger partial charge in [0.25, 0.3) is 0 Å². The summed E-state index contributed by atoms with van der Waals surface area (Å²) in [5.41, 5.74) is 0.934. The zero-order valence-electron chi connectivity index (χ0n) is 14.3. The van der Waals surface area contributed by atoms with Crippen molar-refractivity contribution in [3.8, 4) is 0 Å². The van der Waals surface area contributed by atoms with Crippen LogP contribution in [0.4, 0.5) is 0 Å². The highest BCUT2D eigenvalue weighted by Crippen LogP contribution is 2.20. The third-order valence-corrected chi connectivity index (χ3v) is 3.33. The molecular weight excluding hydrogens is 280 g/mol. The molecule has 1 rings (SSSR count). The third kappa shape index (κ3) is 5.51. The minimum absolute atomic E-state index is 0.371. The van der Waals surface area contributed by atoms with Gasteiger partial charge in [-0.05, 0) is 57.7 Å². The van der Waals surface area contributed by atoms with Gasteiger partial charge in [-0.2, -0.15) is 0 Å². The second-order valence-corrected chi connectivity index (χ2v) is 6.52. The molecule has 2 atom stereocenters. The number of hydrogen-bond donors (Lipinski definition) is 0. The lowest BCUT2D eigenvalue weighted by atomic mass is 9.97. The molecule has 0 saturated carbocycles. The number of rotatable bonds is 5. The van der Waals surface area contributed by atoms with E-state index in [9.17, 15) is 9.59 Å². The maximum absolute atomic E-state index is 12.2. The largest absolute Gasteiger partial charge is 0.457 e. The molecule has 4 nitrogen and oxygen atoms in total. The van der Waals surface area contributed by atoms with Gasteiger partial charge in [-0.1, -0.05) is 26.0 Å². The van der Waals surface area contributed by atoms with E-state index in [4.69, 9.17) is 9.47 Å². The predicted molar refractivity (Wildman–Crippen MR) is 85.9 cm³/mol. The van der Waals surface area contributed by atoms with Gasteiger partial charge in [0.05, 0.1) is 5.56 Å². The minimum Gasteiger partial charge on any atom is -0.457 e. The van der Waals surface area contributed by atoms with Gasteiger partial charge in [0.15, 0.2) is 6.10 Å². The highest BCUT2D eigenvalue weighted by molar-refractivity contribution is 5.91. The lowest BCUT2D eigenvalue weighted by Crippen LogP contribution is -2.33. The second-order valence-electron chi connectivity index (χ2n) is 6.52. The Bertz CT molecular complexity index is 528. The van der Waals surface area contributed by atoms with Gasteiger partial charge in [0, 0.05) is 0 Å². The summed E-state index contributed by atoms with van der Waals surface area (Å²) < 4.78 is 10.4. The number of carbonyl (C=O) groups excluding carboxylic acids is 2. The van der Waals surface area contributed by atoms with Crippen molar-refractivity contribution in [1.82, 2.24) is 0 Å². The van der Waals surface area contributed by atoms with E-state index in [1.807, 2.05) is 18.2 Å². The molecule has 0 aliphatic heterocycles. The molecule has 0 radical (unpaired) electrons. The number of carbonyl (C=O) groups is 2. The molecule has 0 fully saturated rings. The molecule has 0 aliphatic rings. The van der Waals surface area contributed by atoms with Crippen LogP contribution in [0.2, 0.25) is 0 Å². The molecule has 1 aromatic rings. The van der Waals surface area contributed by atoms with Gasteiger partial charge < -0.3 is 9.47 Å². The van der Waals surface area contributed by atoms with E-state index >= 15 is 0 Å². The Hall–Kier alpha value is -1.84. The summed E-state index contributed by atoms with van der Waals surface area (Å²) >= 11 is 0. The zero-order chi connectivity index (χ0) is 16.9. The number of hydrogen-bond acceptors (Lipinski definition) is 4. The Balaban J connectivity index is 2.75. The van der Waals surface area contributed by atoms with Crippen molar-refractivity contribution in [3.05, 3.63) is 35.4 Å². The molecule has 0 amide bonds. The smallest absolute Gasteiger partial charge is 0.347 e. The van der Waals surface area contributed by atoms with Crippen LogP contribution in [0.15, 0.2) is 24.3 Å². The first kappa shape index (κ1) is 18.2. The molecule has 0 bridgehead atoms. The summed E-state index contributed by atoms with van der Waals surface area (Å²) in [6, 6.07) is 7.33. The van der Waals surface area contributed by atoms with Gasteiger partial charge in [-0.3, -0.25) is 0 Å². The van der Waals surface area contributed by atoms with Crippen LogP contribution in [0, 0.1) is 0 Å². The van der Waals surface area contributed by atoms with Crippen molar-refractivity contribution in [3.63, 3.8) is 0 Å². The van der Waals surface area contributed by atoms with E-state index in [1.54, 1.807) is 26.8 Å². The average molecular weight is 306 g/mol. The van der Waals surface area contributed by atoms with Crippen LogP contribution in [-0.4, -0.2) is 23.6 Å². The summed E-state index contributed by atoms with van der Waals surface area (Å²) in [4.78, 5) is 24.0. The van der Waals surface area contributed by atoms with E-state index in [1.165, 1.54) is 6.92 Å². The molecule has 122 valence electrons. The number of ether oxygens (including phenoxy) is 2. The normalized spacial score (nSPS) is 14.1. The van der Waals surface area contributed by atoms with Crippen molar-refractivity contribution < 1.29 is 19.1 Å². The van der Waals surface area contributed by atoms with Crippen LogP contribution in [0.5, 0.6) is 0 Å². The fourth-order valence-electron chi connectivity index (χ4n) is 1.87. The van der Waals surface area contributed by atoms with Crippen molar-refractivity contribution >= 4 is 11.9 Å². The molecule has 22 heavy (non-hydrogen) atoms. The molecular formula is C18H26O4. The van der Waals surface area contributed by atoms with Gasteiger partial charge in [0.2, 0.25) is 0 Å². The molecule has 0 heterocycles. The third-order valence-electron chi connectivity index (χ3n) is 3.33. The quantitative estimate of drug-likeness (QED) is 0.769. The first-order valence-electron chi connectivity index (χ1n) is 7.68. The molecule has 4 heteroatoms. The predicted octanol–water partition coefficient (Wildman–Crippen LogP) is 4.09. The van der Waals surface area contributed by atoms with E-state index in [-0.39, 0.29) is 0 Å². The molecule has 0 spiro atoms. The summed E-state index contributed by atoms with van der Waals surface area (Å²) in [6.45, 7) is 11.0. The van der Waals surface area contributed by atoms with E-state index in [2.05, 4.69) is 13.8 Å². The second kappa shape index (κ2) is 7.43. The van der Waals surface area contributed by atoms with Crippen molar-refractivity contribution in [2.75, 3.05) is 0 Å². The van der Waals surface area contributed by atoms with Crippen LogP contribution in [0.3, 0.4) is 0 Å². The van der Waals surface area contributed by atoms with Crippen LogP contribution in [0.25, 0.3) is 0 Å². The Kier molecular flexibility index (Phi) is 6.15. The van der Waals surface area contributed by atoms with E-state index < -0.39 is 23.6 Å². The van der Waals surface area contributed by atoms with Gasteiger partial charge in [-0.15, -0.1) is 0 Å². The van der Waals surface area contributed by atoms with Crippen molar-refractivity contribution in [2.45, 2.75) is 65.6 Å². The molecule has 2 unspecified atom stereocenters. The summed E-state index contributed by atoms with van der Waals surface area (Å²) in [7, 11) is 0. The summed E-state index contributed by atoms with van der Waals surface area (Å²) in [5.74, 6) is -0.682. The fourth-order valence-corrected chi connectivity index (χ4v) is 1.87. The van der Waals surface area contributed by atoms with Gasteiger partial charge in [0.1, 0.15) is 5.60 Å². The number of benzene rings is 1. The Morgan fingerprint density at radius 3 is 2.36 bits per heavy atom. The lowest BCUT2D eigenvalue weighted by Gasteiger charge is -2.22.